The van der Waals surface area contributed by atoms with Gasteiger partial charge in [-0.1, -0.05) is 0 Å². The number of hydrogen-bond donors (Lipinski definition) is 1. The van der Waals surface area contributed by atoms with E-state index >= 15 is 0 Å². The highest BCUT2D eigenvalue weighted by Crippen LogP contribution is 2.42. The Morgan fingerprint density at radius 2 is 1.79 bits per heavy atom. The van der Waals surface area contributed by atoms with E-state index < -0.39 is 11.5 Å². The molecule has 3 aromatic rings. The lowest BCUT2D eigenvalue weighted by Crippen LogP contribution is -2.61. The topological polar surface area (TPSA) is 127 Å². The Morgan fingerprint density at radius 1 is 1.08 bits per heavy atom. The molecular formula is C27H36N8O4. The summed E-state index contributed by atoms with van der Waals surface area (Å²) in [6.07, 6.45) is 6.65. The highest BCUT2D eigenvalue weighted by Gasteiger charge is 2.47. The van der Waals surface area contributed by atoms with Gasteiger partial charge in [-0.15, -0.1) is 0 Å². The number of rotatable bonds is 5. The summed E-state index contributed by atoms with van der Waals surface area (Å²) in [6.45, 7) is 14.5. The summed E-state index contributed by atoms with van der Waals surface area (Å²) in [6, 6.07) is 0. The summed E-state index contributed by atoms with van der Waals surface area (Å²) in [5.74, 6) is 0.760. The van der Waals surface area contributed by atoms with Crippen molar-refractivity contribution in [3.8, 4) is 5.88 Å². The second-order valence-corrected chi connectivity index (χ2v) is 11.4. The number of hydrogen-bond acceptors (Lipinski definition) is 9. The molecule has 39 heavy (non-hydrogen) atoms. The molecule has 2 fully saturated rings. The van der Waals surface area contributed by atoms with Crippen LogP contribution in [0.5, 0.6) is 5.88 Å². The summed E-state index contributed by atoms with van der Waals surface area (Å²) in [4.78, 5) is 47.4. The molecule has 0 bridgehead atoms. The monoisotopic (exact) mass is 536 g/mol. The summed E-state index contributed by atoms with van der Waals surface area (Å²) in [5, 5.41) is 2.84. The zero-order valence-corrected chi connectivity index (χ0v) is 23.4. The first-order valence-corrected chi connectivity index (χ1v) is 13.3. The van der Waals surface area contributed by atoms with E-state index in [1.165, 1.54) is 6.20 Å². The minimum Gasteiger partial charge on any atom is -0.477 e. The quantitative estimate of drug-likeness (QED) is 0.520. The largest absolute Gasteiger partial charge is 0.477 e. The number of nitrogens with one attached hydrogen (secondary N) is 1. The zero-order chi connectivity index (χ0) is 27.9. The number of aryl methyl sites for hydroxylation is 2. The van der Waals surface area contributed by atoms with Crippen LogP contribution >= 0.6 is 0 Å². The maximum absolute atomic E-state index is 13.1. The number of aromatic nitrogens is 5. The smallest absolute Gasteiger partial charge is 0.410 e. The zero-order valence-electron chi connectivity index (χ0n) is 23.4. The van der Waals surface area contributed by atoms with E-state index in [2.05, 4.69) is 30.2 Å². The average molecular weight is 537 g/mol. The molecule has 2 aliphatic heterocycles. The SMILES string of the molecule is CCOc1nc(N2CC3(CCN(C(=O)OC(C)(C)C)CC3)C2)ncc1C(=O)Nc1cn2cc(C)nc2c(C)n1. The molecule has 1 N–H and O–H groups in total. The second kappa shape index (κ2) is 9.97. The number of likely N-dealkylation sites (tertiary alicyclic amines) is 1. The molecule has 0 aliphatic carbocycles. The van der Waals surface area contributed by atoms with Crippen LogP contribution in [0.2, 0.25) is 0 Å². The molecule has 2 aliphatic rings. The number of carbonyl (C=O) groups is 2. The summed E-state index contributed by atoms with van der Waals surface area (Å²) >= 11 is 0. The predicted molar refractivity (Wildman–Crippen MR) is 145 cm³/mol. The highest BCUT2D eigenvalue weighted by atomic mass is 16.6. The summed E-state index contributed by atoms with van der Waals surface area (Å²) in [5.41, 5.74) is 2.19. The molecule has 12 nitrogen and oxygen atoms in total. The van der Waals surface area contributed by atoms with E-state index in [0.717, 1.165) is 37.3 Å². The van der Waals surface area contributed by atoms with Crippen molar-refractivity contribution in [3.05, 3.63) is 35.5 Å². The van der Waals surface area contributed by atoms with Crippen molar-refractivity contribution >= 4 is 29.4 Å². The van der Waals surface area contributed by atoms with Crippen LogP contribution in [0, 0.1) is 19.3 Å². The van der Waals surface area contributed by atoms with Gasteiger partial charge in [0.25, 0.3) is 5.91 Å². The molecule has 0 saturated carbocycles. The van der Waals surface area contributed by atoms with Crippen molar-refractivity contribution in [1.82, 2.24) is 29.2 Å². The normalized spacial score (nSPS) is 16.8. The number of anilines is 2. The number of fused-ring (bicyclic) bond motifs is 1. The Hall–Kier alpha value is -3.96. The maximum Gasteiger partial charge on any atom is 0.410 e. The molecule has 0 atom stereocenters. The lowest BCUT2D eigenvalue weighted by Gasteiger charge is -2.53. The molecule has 5 rings (SSSR count). The van der Waals surface area contributed by atoms with Crippen molar-refractivity contribution in [1.29, 1.82) is 0 Å². The lowest BCUT2D eigenvalue weighted by atomic mass is 9.72. The van der Waals surface area contributed by atoms with Gasteiger partial charge in [0.2, 0.25) is 11.8 Å². The van der Waals surface area contributed by atoms with E-state index in [0.29, 0.717) is 37.2 Å². The van der Waals surface area contributed by atoms with Gasteiger partial charge >= 0.3 is 6.09 Å². The fraction of sp³-hybridized carbons (Fsp3) is 0.556. The van der Waals surface area contributed by atoms with E-state index in [4.69, 9.17) is 9.47 Å². The molecular weight excluding hydrogens is 500 g/mol. The Bertz CT molecular complexity index is 1400. The third-order valence-corrected chi connectivity index (χ3v) is 7.05. The summed E-state index contributed by atoms with van der Waals surface area (Å²) < 4.78 is 13.1. The molecule has 3 aromatic heterocycles. The van der Waals surface area contributed by atoms with Crippen LogP contribution in [-0.2, 0) is 4.74 Å². The van der Waals surface area contributed by atoms with Gasteiger partial charge in [-0.05, 0) is 54.4 Å². The fourth-order valence-corrected chi connectivity index (χ4v) is 5.14. The molecule has 2 amide bonds. The van der Waals surface area contributed by atoms with Gasteiger partial charge in [0.05, 0.1) is 24.2 Å². The van der Waals surface area contributed by atoms with Crippen molar-refractivity contribution < 1.29 is 19.1 Å². The van der Waals surface area contributed by atoms with Crippen molar-refractivity contribution in [3.63, 3.8) is 0 Å². The Balaban J connectivity index is 1.24. The van der Waals surface area contributed by atoms with Crippen LogP contribution in [0.4, 0.5) is 16.6 Å². The second-order valence-electron chi connectivity index (χ2n) is 11.4. The van der Waals surface area contributed by atoms with Gasteiger partial charge in [-0.2, -0.15) is 4.98 Å². The molecule has 0 aromatic carbocycles. The van der Waals surface area contributed by atoms with Crippen molar-refractivity contribution in [2.75, 3.05) is 43.0 Å². The molecule has 12 heteroatoms. The van der Waals surface area contributed by atoms with Crippen molar-refractivity contribution in [2.45, 2.75) is 60.0 Å². The van der Waals surface area contributed by atoms with Crippen LogP contribution in [0.3, 0.4) is 0 Å². The van der Waals surface area contributed by atoms with Gasteiger partial charge in [-0.25, -0.2) is 19.7 Å². The average Bonchev–Trinajstić information content (AvgIpc) is 3.22. The number of amides is 2. The molecule has 5 heterocycles. The minimum absolute atomic E-state index is 0.123. The first-order chi connectivity index (χ1) is 18.4. The third kappa shape index (κ3) is 5.59. The number of piperidine rings is 1. The number of nitrogens with zero attached hydrogens (tertiary/aromatic N) is 7. The lowest BCUT2D eigenvalue weighted by molar-refractivity contribution is 0.00577. The number of imidazole rings is 1. The first-order valence-electron chi connectivity index (χ1n) is 13.3. The standard InChI is InChI=1S/C27H36N8O4/c1-7-38-23-19(22(36)31-20-14-34-13-17(2)29-21(34)18(3)30-20)12-28-24(32-23)35-15-27(16-35)8-10-33(11-9-27)25(37)39-26(4,5)6/h12-14H,7-11,15-16H2,1-6H3,(H,31,36). The van der Waals surface area contributed by atoms with Gasteiger partial charge in [0, 0.05) is 44.0 Å². The maximum atomic E-state index is 13.1. The van der Waals surface area contributed by atoms with E-state index in [1.807, 2.05) is 52.1 Å². The Labute approximate surface area is 227 Å². The van der Waals surface area contributed by atoms with Gasteiger partial charge in [0.1, 0.15) is 17.0 Å². The number of ether oxygens (including phenoxy) is 2. The van der Waals surface area contributed by atoms with Crippen LogP contribution in [0.25, 0.3) is 5.65 Å². The summed E-state index contributed by atoms with van der Waals surface area (Å²) in [7, 11) is 0. The van der Waals surface area contributed by atoms with Crippen LogP contribution < -0.4 is 15.0 Å². The minimum atomic E-state index is -0.500. The van der Waals surface area contributed by atoms with E-state index in [-0.39, 0.29) is 23.0 Å². The van der Waals surface area contributed by atoms with Gasteiger partial charge in [-0.3, -0.25) is 4.79 Å². The highest BCUT2D eigenvalue weighted by molar-refractivity contribution is 6.05. The van der Waals surface area contributed by atoms with Crippen LogP contribution in [-0.4, -0.2) is 79.6 Å². The van der Waals surface area contributed by atoms with E-state index in [1.54, 1.807) is 11.1 Å². The fourth-order valence-electron chi connectivity index (χ4n) is 5.14. The van der Waals surface area contributed by atoms with E-state index in [9.17, 15) is 9.59 Å². The van der Waals surface area contributed by atoms with Crippen molar-refractivity contribution in [2.24, 2.45) is 5.41 Å². The molecule has 2 saturated heterocycles. The van der Waals surface area contributed by atoms with Gasteiger partial charge < -0.3 is 29.0 Å². The predicted octanol–water partition coefficient (Wildman–Crippen LogP) is 3.62. The Morgan fingerprint density at radius 3 is 2.46 bits per heavy atom. The molecule has 1 spiro atoms. The van der Waals surface area contributed by atoms with Crippen LogP contribution in [0.15, 0.2) is 18.6 Å². The molecule has 208 valence electrons. The Kier molecular flexibility index (Phi) is 6.81. The third-order valence-electron chi connectivity index (χ3n) is 7.05. The molecule has 0 unspecified atom stereocenters. The van der Waals surface area contributed by atoms with Crippen LogP contribution in [0.1, 0.15) is 62.3 Å². The van der Waals surface area contributed by atoms with Gasteiger partial charge in [0.15, 0.2) is 5.65 Å². The number of carbonyl (C=O) groups excluding carboxylic acids is 2. The first kappa shape index (κ1) is 26.6. The molecule has 0 radical (unpaired) electrons.